The number of alkyl halides is 3. The van der Waals surface area contributed by atoms with E-state index in [1.54, 1.807) is 19.2 Å². The number of carbonyl (C=O) groups excluding carboxylic acids is 3. The van der Waals surface area contributed by atoms with Crippen LogP contribution < -0.4 is 10.4 Å². The Hall–Kier alpha value is -4.94. The molecular formula is C36H32F5N4O5S-. The van der Waals surface area contributed by atoms with Crippen molar-refractivity contribution in [2.75, 3.05) is 18.1 Å². The lowest BCUT2D eigenvalue weighted by atomic mass is 9.90. The first-order valence-electron chi connectivity index (χ1n) is 15.9. The number of aromatic nitrogens is 1. The van der Waals surface area contributed by atoms with E-state index in [1.807, 2.05) is 0 Å². The Morgan fingerprint density at radius 1 is 1.12 bits per heavy atom. The van der Waals surface area contributed by atoms with Crippen LogP contribution >= 0.6 is 11.8 Å². The van der Waals surface area contributed by atoms with Crippen molar-refractivity contribution in [3.8, 4) is 23.0 Å². The van der Waals surface area contributed by atoms with Crippen LogP contribution in [0.3, 0.4) is 0 Å². The Kier molecular flexibility index (Phi) is 11.1. The molecule has 5 rings (SSSR count). The van der Waals surface area contributed by atoms with Crippen molar-refractivity contribution in [3.63, 3.8) is 0 Å². The SMILES string of the molecule is CSc1ccc(-c2cc(C(F)(F)F)ccc2NC(=O)C2=C(O)[C@@]3(C)CCCN3N(Cc3ccc(C#CCCCCC(=O)[O-])c(F)c3F)C2=O)cn1. The fraction of sp³-hybridized carbons (Fsp3) is 0.333. The Bertz CT molecular complexity index is 1960. The molecule has 1 atom stereocenters. The summed E-state index contributed by atoms with van der Waals surface area (Å²) in [5, 5.41) is 27.6. The van der Waals surface area contributed by atoms with Crippen molar-refractivity contribution in [1.82, 2.24) is 15.0 Å². The molecule has 2 aromatic carbocycles. The van der Waals surface area contributed by atoms with Gasteiger partial charge in [-0.15, -0.1) is 11.8 Å². The molecule has 0 unspecified atom stereocenters. The fourth-order valence-electron chi connectivity index (χ4n) is 6.07. The van der Waals surface area contributed by atoms with Crippen LogP contribution in [0, 0.1) is 23.5 Å². The van der Waals surface area contributed by atoms with Crippen molar-refractivity contribution in [3.05, 3.63) is 88.3 Å². The largest absolute Gasteiger partial charge is 0.550 e. The average Bonchev–Trinajstić information content (AvgIpc) is 3.49. The van der Waals surface area contributed by atoms with Crippen molar-refractivity contribution < 1.29 is 46.5 Å². The average molecular weight is 728 g/mol. The molecule has 0 spiro atoms. The number of aliphatic hydroxyl groups is 1. The number of hydrazine groups is 1. The number of anilines is 1. The number of rotatable bonds is 10. The van der Waals surface area contributed by atoms with Gasteiger partial charge in [0, 0.05) is 47.5 Å². The molecule has 2 aliphatic rings. The number of carboxylic acid groups (broad SMARTS) is 1. The topological polar surface area (TPSA) is 126 Å². The van der Waals surface area contributed by atoms with Gasteiger partial charge in [0.2, 0.25) is 0 Å². The number of carbonyl (C=O) groups is 3. The van der Waals surface area contributed by atoms with E-state index < -0.39 is 64.6 Å². The molecule has 2 aliphatic heterocycles. The number of hydrogen-bond acceptors (Lipinski definition) is 8. The second-order valence-corrected chi connectivity index (χ2v) is 13.0. The summed E-state index contributed by atoms with van der Waals surface area (Å²) in [7, 11) is 0. The predicted molar refractivity (Wildman–Crippen MR) is 176 cm³/mol. The standard InChI is InChI=1S/C36H33F5N4O5S/c1-35-16-7-17-45(35)44(20-23-11-10-21(30(37)31(23)38)8-5-3-4-6-9-28(46)47)34(50)29(32(35)48)33(49)43-26-14-13-24(36(39,40)41)18-25(26)22-12-15-27(51-2)42-19-22/h10-15,18-19,48H,3-4,6-7,9,16-17,20H2,1-2H3,(H,43,49)(H,46,47)/p-1/t35-/m1/s1. The number of fused-ring (bicyclic) bond motifs is 1. The third-order valence-electron chi connectivity index (χ3n) is 8.81. The predicted octanol–water partition coefficient (Wildman–Crippen LogP) is 5.99. The van der Waals surface area contributed by atoms with Gasteiger partial charge in [-0.2, -0.15) is 13.2 Å². The molecule has 1 aromatic heterocycles. The van der Waals surface area contributed by atoms with E-state index in [1.165, 1.54) is 41.2 Å². The number of aliphatic hydroxyl groups excluding tert-OH is 1. The van der Waals surface area contributed by atoms with E-state index in [0.29, 0.717) is 30.7 Å². The number of aliphatic carboxylic acids is 1. The molecule has 0 bridgehead atoms. The van der Waals surface area contributed by atoms with E-state index in [2.05, 4.69) is 22.1 Å². The Morgan fingerprint density at radius 2 is 1.88 bits per heavy atom. The smallest absolute Gasteiger partial charge is 0.416 e. The van der Waals surface area contributed by atoms with Crippen LogP contribution in [0.1, 0.15) is 62.1 Å². The van der Waals surface area contributed by atoms with E-state index in [4.69, 9.17) is 0 Å². The van der Waals surface area contributed by atoms with Crippen LogP contribution in [0.4, 0.5) is 27.6 Å². The van der Waals surface area contributed by atoms with Gasteiger partial charge in [0.15, 0.2) is 11.6 Å². The van der Waals surface area contributed by atoms with E-state index in [9.17, 15) is 37.8 Å². The van der Waals surface area contributed by atoms with Gasteiger partial charge >= 0.3 is 6.18 Å². The minimum atomic E-state index is -4.70. The number of hydrogen-bond donors (Lipinski definition) is 2. The van der Waals surface area contributed by atoms with Gasteiger partial charge in [0.05, 0.1) is 28.2 Å². The third-order valence-corrected chi connectivity index (χ3v) is 9.47. The van der Waals surface area contributed by atoms with E-state index in [-0.39, 0.29) is 47.3 Å². The summed E-state index contributed by atoms with van der Waals surface area (Å²) in [5.41, 5.74) is -3.31. The van der Waals surface area contributed by atoms with Crippen LogP contribution in [-0.4, -0.2) is 56.2 Å². The summed E-state index contributed by atoms with van der Waals surface area (Å²) in [4.78, 5) is 42.5. The monoisotopic (exact) mass is 727 g/mol. The molecule has 2 N–H and O–H groups in total. The number of nitrogens with zero attached hydrogens (tertiary/aromatic N) is 3. The number of pyridine rings is 1. The van der Waals surface area contributed by atoms with Crippen LogP contribution in [0.25, 0.3) is 11.1 Å². The third kappa shape index (κ3) is 7.87. The maximum absolute atomic E-state index is 15.4. The van der Waals surface area contributed by atoms with Gasteiger partial charge in [-0.05, 0) is 75.6 Å². The molecule has 3 heterocycles. The summed E-state index contributed by atoms with van der Waals surface area (Å²) in [6, 6.07) is 8.29. The quantitative estimate of drug-likeness (QED) is 0.0858. The summed E-state index contributed by atoms with van der Waals surface area (Å²) in [6.45, 7) is 1.32. The summed E-state index contributed by atoms with van der Waals surface area (Å²) < 4.78 is 71.6. The van der Waals surface area contributed by atoms with Crippen molar-refractivity contribution >= 4 is 35.2 Å². The highest BCUT2D eigenvalue weighted by molar-refractivity contribution is 7.98. The van der Waals surface area contributed by atoms with Crippen LogP contribution in [-0.2, 0) is 27.1 Å². The lowest BCUT2D eigenvalue weighted by molar-refractivity contribution is -0.305. The number of carboxylic acids is 1. The highest BCUT2D eigenvalue weighted by Crippen LogP contribution is 2.43. The minimum Gasteiger partial charge on any atom is -0.550 e. The molecule has 9 nitrogen and oxygen atoms in total. The number of amides is 2. The fourth-order valence-corrected chi connectivity index (χ4v) is 6.43. The van der Waals surface area contributed by atoms with Crippen molar-refractivity contribution in [2.24, 2.45) is 0 Å². The van der Waals surface area contributed by atoms with E-state index >= 15 is 8.78 Å². The molecule has 3 aromatic rings. The zero-order valence-electron chi connectivity index (χ0n) is 27.5. The summed E-state index contributed by atoms with van der Waals surface area (Å²) in [6.07, 6.45) is 0.0691. The Labute approximate surface area is 294 Å². The van der Waals surface area contributed by atoms with Crippen LogP contribution in [0.5, 0.6) is 0 Å². The van der Waals surface area contributed by atoms with Gasteiger partial charge in [-0.25, -0.2) is 18.8 Å². The summed E-state index contributed by atoms with van der Waals surface area (Å²) in [5.74, 6) is -1.20. The summed E-state index contributed by atoms with van der Waals surface area (Å²) >= 11 is 1.32. The van der Waals surface area contributed by atoms with Crippen molar-refractivity contribution in [1.29, 1.82) is 0 Å². The van der Waals surface area contributed by atoms with Crippen molar-refractivity contribution in [2.45, 2.75) is 68.7 Å². The second-order valence-electron chi connectivity index (χ2n) is 12.2. The van der Waals surface area contributed by atoms with Gasteiger partial charge in [-0.1, -0.05) is 24.0 Å². The van der Waals surface area contributed by atoms with Crippen LogP contribution in [0.2, 0.25) is 0 Å². The first-order chi connectivity index (χ1) is 24.1. The van der Waals surface area contributed by atoms with Gasteiger partial charge < -0.3 is 20.3 Å². The molecule has 0 saturated carbocycles. The normalized spacial score (nSPS) is 17.6. The Morgan fingerprint density at radius 3 is 2.55 bits per heavy atom. The van der Waals surface area contributed by atoms with Gasteiger partial charge in [0.25, 0.3) is 11.8 Å². The number of benzene rings is 2. The highest BCUT2D eigenvalue weighted by atomic mass is 32.2. The molecule has 1 fully saturated rings. The minimum absolute atomic E-state index is 0.0365. The first-order valence-corrected chi connectivity index (χ1v) is 17.1. The number of halogens is 5. The number of nitrogens with one attached hydrogen (secondary N) is 1. The van der Waals surface area contributed by atoms with Crippen LogP contribution in [0.15, 0.2) is 65.0 Å². The van der Waals surface area contributed by atoms with Gasteiger partial charge in [0.1, 0.15) is 11.3 Å². The lowest BCUT2D eigenvalue weighted by Gasteiger charge is -2.46. The Balaban J connectivity index is 1.44. The lowest BCUT2D eigenvalue weighted by Crippen LogP contribution is -2.60. The maximum atomic E-state index is 15.4. The first kappa shape index (κ1) is 37.3. The van der Waals surface area contributed by atoms with E-state index in [0.717, 1.165) is 23.2 Å². The molecule has 268 valence electrons. The molecule has 15 heteroatoms. The zero-order valence-corrected chi connectivity index (χ0v) is 28.3. The molecule has 1 saturated heterocycles. The maximum Gasteiger partial charge on any atom is 0.416 e. The molecule has 0 aliphatic carbocycles. The molecule has 0 radical (unpaired) electrons. The molecular weight excluding hydrogens is 695 g/mol. The number of thioether (sulfide) groups is 1. The zero-order chi connectivity index (χ0) is 37.1. The molecule has 2 amide bonds. The number of unbranched alkanes of at least 4 members (excludes halogenated alkanes) is 2. The highest BCUT2D eigenvalue weighted by Gasteiger charge is 2.52. The molecule has 51 heavy (non-hydrogen) atoms. The second kappa shape index (κ2) is 15.1. The van der Waals surface area contributed by atoms with Gasteiger partial charge in [-0.3, -0.25) is 14.6 Å².